The molecule has 4 aromatic carbocycles. The Morgan fingerprint density at radius 1 is 0.346 bits per heavy atom. The molecule has 120 valence electrons. The van der Waals surface area contributed by atoms with E-state index in [9.17, 15) is 0 Å². The van der Waals surface area contributed by atoms with Crippen molar-refractivity contribution in [1.29, 1.82) is 0 Å². The SMILES string of the molecule is c1ccc2cc3nc4cc5nc6ccccc6nc5cc4nc3cc2c1. The number of benzene rings is 4. The van der Waals surface area contributed by atoms with E-state index in [0.717, 1.165) is 44.1 Å². The van der Waals surface area contributed by atoms with Crippen molar-refractivity contribution in [2.45, 2.75) is 0 Å². The largest absolute Gasteiger partial charge is 0.244 e. The van der Waals surface area contributed by atoms with Gasteiger partial charge in [0.2, 0.25) is 0 Å². The van der Waals surface area contributed by atoms with Gasteiger partial charge >= 0.3 is 0 Å². The third-order valence-corrected chi connectivity index (χ3v) is 4.76. The topological polar surface area (TPSA) is 51.6 Å². The van der Waals surface area contributed by atoms with Crippen molar-refractivity contribution in [1.82, 2.24) is 19.9 Å². The van der Waals surface area contributed by atoms with Crippen LogP contribution in [0.4, 0.5) is 0 Å². The van der Waals surface area contributed by atoms with Crippen molar-refractivity contribution in [3.8, 4) is 0 Å². The lowest BCUT2D eigenvalue weighted by molar-refractivity contribution is 1.37. The second-order valence-corrected chi connectivity index (χ2v) is 6.45. The summed E-state index contributed by atoms with van der Waals surface area (Å²) in [5, 5.41) is 2.33. The van der Waals surface area contributed by atoms with Gasteiger partial charge in [0.1, 0.15) is 0 Å². The summed E-state index contributed by atoms with van der Waals surface area (Å²) in [4.78, 5) is 19.1. The van der Waals surface area contributed by atoms with Crippen LogP contribution >= 0.6 is 0 Å². The molecular weight excluding hydrogens is 320 g/mol. The molecule has 0 aliphatic carbocycles. The van der Waals surface area contributed by atoms with E-state index in [1.165, 1.54) is 10.8 Å². The Hall–Kier alpha value is -3.66. The molecule has 0 spiro atoms. The lowest BCUT2D eigenvalue weighted by Crippen LogP contribution is -1.92. The molecule has 0 aliphatic rings. The van der Waals surface area contributed by atoms with Gasteiger partial charge in [-0.05, 0) is 47.2 Å². The van der Waals surface area contributed by atoms with Crippen molar-refractivity contribution < 1.29 is 0 Å². The van der Waals surface area contributed by atoms with Crippen LogP contribution in [0.25, 0.3) is 54.9 Å². The van der Waals surface area contributed by atoms with Crippen LogP contribution in [0.2, 0.25) is 0 Å². The van der Waals surface area contributed by atoms with Crippen LogP contribution in [0.1, 0.15) is 0 Å². The molecule has 0 fully saturated rings. The molecule has 2 heterocycles. The molecule has 26 heavy (non-hydrogen) atoms. The monoisotopic (exact) mass is 332 g/mol. The van der Waals surface area contributed by atoms with Crippen LogP contribution in [-0.2, 0) is 0 Å². The molecule has 0 saturated heterocycles. The molecule has 6 rings (SSSR count). The Morgan fingerprint density at radius 2 is 0.692 bits per heavy atom. The Labute approximate surface area is 148 Å². The molecule has 2 aromatic heterocycles. The first-order valence-electron chi connectivity index (χ1n) is 8.50. The zero-order chi connectivity index (χ0) is 17.1. The fourth-order valence-corrected chi connectivity index (χ4v) is 3.48. The van der Waals surface area contributed by atoms with Gasteiger partial charge in [0.15, 0.2) is 0 Å². The molecular formula is C22H12N4. The van der Waals surface area contributed by atoms with Gasteiger partial charge in [-0.25, -0.2) is 19.9 Å². The zero-order valence-corrected chi connectivity index (χ0v) is 13.7. The van der Waals surface area contributed by atoms with E-state index >= 15 is 0 Å². The minimum Gasteiger partial charge on any atom is -0.244 e. The summed E-state index contributed by atoms with van der Waals surface area (Å²) in [6.45, 7) is 0. The lowest BCUT2D eigenvalue weighted by atomic mass is 10.1. The van der Waals surface area contributed by atoms with E-state index in [1.807, 2.05) is 48.5 Å². The number of para-hydroxylation sites is 2. The molecule has 0 atom stereocenters. The molecule has 0 bridgehead atoms. The molecule has 0 amide bonds. The van der Waals surface area contributed by atoms with Gasteiger partial charge in [0.25, 0.3) is 0 Å². The summed E-state index contributed by atoms with van der Waals surface area (Å²) >= 11 is 0. The summed E-state index contributed by atoms with van der Waals surface area (Å²) < 4.78 is 0. The zero-order valence-electron chi connectivity index (χ0n) is 13.7. The smallest absolute Gasteiger partial charge is 0.0917 e. The minimum absolute atomic E-state index is 0.838. The van der Waals surface area contributed by atoms with Crippen LogP contribution in [-0.4, -0.2) is 19.9 Å². The van der Waals surface area contributed by atoms with Crippen molar-refractivity contribution in [2.75, 3.05) is 0 Å². The van der Waals surface area contributed by atoms with Crippen LogP contribution in [0.15, 0.2) is 72.8 Å². The lowest BCUT2D eigenvalue weighted by Gasteiger charge is -2.05. The Balaban J connectivity index is 1.72. The molecule has 6 aromatic rings. The predicted octanol–water partition coefficient (Wildman–Crippen LogP) is 5.03. The molecule has 4 nitrogen and oxygen atoms in total. The number of rotatable bonds is 0. The average molecular weight is 332 g/mol. The van der Waals surface area contributed by atoms with E-state index in [4.69, 9.17) is 19.9 Å². The Bertz CT molecular complexity index is 1270. The van der Waals surface area contributed by atoms with E-state index in [2.05, 4.69) is 24.3 Å². The highest BCUT2D eigenvalue weighted by molar-refractivity contribution is 6.00. The van der Waals surface area contributed by atoms with E-state index in [0.29, 0.717) is 0 Å². The molecule has 0 unspecified atom stereocenters. The summed E-state index contributed by atoms with van der Waals surface area (Å²) in [7, 11) is 0. The third kappa shape index (κ3) is 1.96. The Kier molecular flexibility index (Phi) is 2.58. The number of fused-ring (bicyclic) bond motifs is 5. The summed E-state index contributed by atoms with van der Waals surface area (Å²) in [5.41, 5.74) is 6.91. The van der Waals surface area contributed by atoms with Gasteiger partial charge in [-0.1, -0.05) is 36.4 Å². The van der Waals surface area contributed by atoms with Gasteiger partial charge in [0, 0.05) is 0 Å². The van der Waals surface area contributed by atoms with Gasteiger partial charge in [-0.3, -0.25) is 0 Å². The maximum atomic E-state index is 4.83. The second kappa shape index (κ2) is 4.92. The maximum absolute atomic E-state index is 4.83. The van der Waals surface area contributed by atoms with Crippen molar-refractivity contribution >= 4 is 54.9 Å². The number of hydrogen-bond donors (Lipinski definition) is 0. The fourth-order valence-electron chi connectivity index (χ4n) is 3.48. The first kappa shape index (κ1) is 13.6. The van der Waals surface area contributed by atoms with Crippen molar-refractivity contribution in [3.63, 3.8) is 0 Å². The third-order valence-electron chi connectivity index (χ3n) is 4.76. The number of nitrogens with zero attached hydrogens (tertiary/aromatic N) is 4. The van der Waals surface area contributed by atoms with Gasteiger partial charge < -0.3 is 0 Å². The first-order chi connectivity index (χ1) is 12.8. The van der Waals surface area contributed by atoms with Crippen LogP contribution in [0, 0.1) is 0 Å². The van der Waals surface area contributed by atoms with Gasteiger partial charge in [-0.15, -0.1) is 0 Å². The minimum atomic E-state index is 0.838. The highest BCUT2D eigenvalue weighted by Gasteiger charge is 2.08. The highest BCUT2D eigenvalue weighted by atomic mass is 14.8. The molecule has 0 aliphatic heterocycles. The van der Waals surface area contributed by atoms with E-state index in [1.54, 1.807) is 0 Å². The number of aromatic nitrogens is 4. The van der Waals surface area contributed by atoms with Gasteiger partial charge in [-0.2, -0.15) is 0 Å². The molecule has 0 radical (unpaired) electrons. The molecule has 0 saturated carbocycles. The average Bonchev–Trinajstić information content (AvgIpc) is 2.67. The summed E-state index contributed by atoms with van der Waals surface area (Å²) in [6, 6.07) is 24.3. The Morgan fingerprint density at radius 3 is 1.15 bits per heavy atom. The van der Waals surface area contributed by atoms with Crippen molar-refractivity contribution in [3.05, 3.63) is 72.8 Å². The van der Waals surface area contributed by atoms with E-state index in [-0.39, 0.29) is 0 Å². The number of hydrogen-bond acceptors (Lipinski definition) is 4. The quantitative estimate of drug-likeness (QED) is 0.366. The second-order valence-electron chi connectivity index (χ2n) is 6.45. The molecule has 0 N–H and O–H groups in total. The predicted molar refractivity (Wildman–Crippen MR) is 105 cm³/mol. The normalized spacial score (nSPS) is 11.8. The van der Waals surface area contributed by atoms with E-state index < -0.39 is 0 Å². The van der Waals surface area contributed by atoms with Crippen LogP contribution < -0.4 is 0 Å². The summed E-state index contributed by atoms with van der Waals surface area (Å²) in [5.74, 6) is 0. The fraction of sp³-hybridized carbons (Fsp3) is 0. The van der Waals surface area contributed by atoms with Gasteiger partial charge in [0.05, 0.1) is 44.1 Å². The highest BCUT2D eigenvalue weighted by Crippen LogP contribution is 2.25. The van der Waals surface area contributed by atoms with Crippen LogP contribution in [0.5, 0.6) is 0 Å². The maximum Gasteiger partial charge on any atom is 0.0917 e. The van der Waals surface area contributed by atoms with Crippen LogP contribution in [0.3, 0.4) is 0 Å². The standard InChI is InChI=1S/C22H12N4/c1-2-6-14-10-18-17(9-13(14)5-1)25-21-11-19-20(12-22(21)26-18)24-16-8-4-3-7-15(16)23-19/h1-12H. The molecule has 4 heteroatoms. The first-order valence-corrected chi connectivity index (χ1v) is 8.50. The van der Waals surface area contributed by atoms with Crippen molar-refractivity contribution in [2.24, 2.45) is 0 Å². The summed E-state index contributed by atoms with van der Waals surface area (Å²) in [6.07, 6.45) is 0.